The van der Waals surface area contributed by atoms with Crippen LogP contribution in [-0.4, -0.2) is 47.2 Å². The van der Waals surface area contributed by atoms with E-state index >= 15 is 0 Å². The Morgan fingerprint density at radius 1 is 1.22 bits per heavy atom. The molecule has 2 amide bonds. The van der Waals surface area contributed by atoms with E-state index in [1.807, 2.05) is 4.90 Å². The first kappa shape index (κ1) is 15.6. The van der Waals surface area contributed by atoms with Gasteiger partial charge >= 0.3 is 6.03 Å². The molecule has 0 unspecified atom stereocenters. The Kier molecular flexibility index (Phi) is 4.62. The second-order valence-electron chi connectivity index (χ2n) is 6.01. The second-order valence-corrected chi connectivity index (χ2v) is 6.01. The largest absolute Gasteiger partial charge is 0.360 e. The number of rotatable bonds is 3. The number of aromatic nitrogens is 1. The Balaban J connectivity index is 1.49. The van der Waals surface area contributed by atoms with Crippen LogP contribution in [0.1, 0.15) is 16.9 Å². The molecule has 0 radical (unpaired) electrons. The van der Waals surface area contributed by atoms with Crippen molar-refractivity contribution in [2.75, 3.05) is 31.5 Å². The number of benzene rings is 1. The van der Waals surface area contributed by atoms with E-state index in [2.05, 4.69) is 46.6 Å². The molecule has 1 aromatic carbocycles. The normalized spacial score (nSPS) is 15.7. The molecule has 2 aromatic rings. The van der Waals surface area contributed by atoms with Crippen LogP contribution in [0, 0.1) is 13.8 Å². The van der Waals surface area contributed by atoms with Gasteiger partial charge in [0, 0.05) is 38.8 Å². The monoisotopic (exact) mass is 314 g/mol. The van der Waals surface area contributed by atoms with Crippen molar-refractivity contribution < 1.29 is 9.32 Å². The molecule has 1 N–H and O–H groups in total. The maximum atomic E-state index is 12.2. The van der Waals surface area contributed by atoms with Gasteiger partial charge in [-0.15, -0.1) is 0 Å². The number of hydrogen-bond donors (Lipinski definition) is 1. The Morgan fingerprint density at radius 3 is 2.65 bits per heavy atom. The van der Waals surface area contributed by atoms with Gasteiger partial charge in [-0.3, -0.25) is 10.2 Å². The minimum atomic E-state index is -0.117. The van der Waals surface area contributed by atoms with Crippen molar-refractivity contribution in [3.63, 3.8) is 0 Å². The maximum Gasteiger partial charge on any atom is 0.323 e. The summed E-state index contributed by atoms with van der Waals surface area (Å²) >= 11 is 0. The van der Waals surface area contributed by atoms with Gasteiger partial charge in [0.05, 0.1) is 0 Å². The molecular formula is C17H22N4O2. The average molecular weight is 314 g/mol. The lowest BCUT2D eigenvalue weighted by Crippen LogP contribution is -2.49. The van der Waals surface area contributed by atoms with Gasteiger partial charge in [0.25, 0.3) is 0 Å². The fourth-order valence-electron chi connectivity index (χ4n) is 2.79. The summed E-state index contributed by atoms with van der Waals surface area (Å²) in [5.74, 6) is 1.15. The number of nitrogens with one attached hydrogen (secondary N) is 1. The molecule has 1 aliphatic rings. The van der Waals surface area contributed by atoms with Crippen LogP contribution in [0.3, 0.4) is 0 Å². The highest BCUT2D eigenvalue weighted by atomic mass is 16.5. The van der Waals surface area contributed by atoms with Crippen molar-refractivity contribution in [2.45, 2.75) is 20.4 Å². The first-order valence-corrected chi connectivity index (χ1v) is 7.87. The van der Waals surface area contributed by atoms with Crippen LogP contribution in [0.4, 0.5) is 10.6 Å². The Labute approximate surface area is 136 Å². The summed E-state index contributed by atoms with van der Waals surface area (Å²) in [6, 6.07) is 10.2. The van der Waals surface area contributed by atoms with Gasteiger partial charge in [-0.05, 0) is 19.4 Å². The molecule has 6 nitrogen and oxygen atoms in total. The van der Waals surface area contributed by atoms with Crippen LogP contribution in [0.2, 0.25) is 0 Å². The van der Waals surface area contributed by atoms with Crippen LogP contribution in [0.5, 0.6) is 0 Å². The van der Waals surface area contributed by atoms with E-state index in [-0.39, 0.29) is 6.03 Å². The molecule has 1 saturated heterocycles. The summed E-state index contributed by atoms with van der Waals surface area (Å²) < 4.78 is 4.95. The highest BCUT2D eigenvalue weighted by Crippen LogP contribution is 2.12. The second kappa shape index (κ2) is 6.83. The third-order valence-corrected chi connectivity index (χ3v) is 4.01. The van der Waals surface area contributed by atoms with E-state index in [1.54, 1.807) is 13.0 Å². The molecular weight excluding hydrogens is 292 g/mol. The number of urea groups is 1. The molecule has 0 atom stereocenters. The SMILES string of the molecule is Cc1cccc(CN2CCN(C(=O)Nc3cc(C)on3)CC2)c1. The van der Waals surface area contributed by atoms with Gasteiger partial charge in [-0.25, -0.2) is 4.79 Å². The van der Waals surface area contributed by atoms with Gasteiger partial charge in [-0.2, -0.15) is 0 Å². The van der Waals surface area contributed by atoms with E-state index in [0.29, 0.717) is 24.7 Å². The standard InChI is InChI=1S/C17H22N4O2/c1-13-4-3-5-15(10-13)12-20-6-8-21(9-7-20)17(22)18-16-11-14(2)23-19-16/h3-5,10-11H,6-9,12H2,1-2H3,(H,18,19,22). The smallest absolute Gasteiger partial charge is 0.323 e. The minimum Gasteiger partial charge on any atom is -0.360 e. The van der Waals surface area contributed by atoms with Crippen LogP contribution < -0.4 is 5.32 Å². The van der Waals surface area contributed by atoms with Gasteiger partial charge in [-0.1, -0.05) is 35.0 Å². The summed E-state index contributed by atoms with van der Waals surface area (Å²) in [5, 5.41) is 6.55. The van der Waals surface area contributed by atoms with E-state index in [4.69, 9.17) is 4.52 Å². The molecule has 0 saturated carbocycles. The highest BCUT2D eigenvalue weighted by molar-refractivity contribution is 5.88. The van der Waals surface area contributed by atoms with Gasteiger partial charge in [0.1, 0.15) is 5.76 Å². The van der Waals surface area contributed by atoms with Crippen molar-refractivity contribution >= 4 is 11.8 Å². The third kappa shape index (κ3) is 4.10. The van der Waals surface area contributed by atoms with Gasteiger partial charge in [0.15, 0.2) is 5.82 Å². The molecule has 1 fully saturated rings. The summed E-state index contributed by atoms with van der Waals surface area (Å²) in [4.78, 5) is 16.4. The topological polar surface area (TPSA) is 61.6 Å². The summed E-state index contributed by atoms with van der Waals surface area (Å²) in [7, 11) is 0. The number of carbonyl (C=O) groups is 1. The number of nitrogens with zero attached hydrogens (tertiary/aromatic N) is 3. The highest BCUT2D eigenvalue weighted by Gasteiger charge is 2.21. The van der Waals surface area contributed by atoms with Crippen molar-refractivity contribution in [1.29, 1.82) is 0 Å². The molecule has 122 valence electrons. The average Bonchev–Trinajstić information content (AvgIpc) is 2.93. The van der Waals surface area contributed by atoms with E-state index in [1.165, 1.54) is 11.1 Å². The number of carbonyl (C=O) groups excluding carboxylic acids is 1. The first-order chi connectivity index (χ1) is 11.1. The van der Waals surface area contributed by atoms with Crippen molar-refractivity contribution in [3.8, 4) is 0 Å². The molecule has 0 spiro atoms. The zero-order valence-corrected chi connectivity index (χ0v) is 13.6. The Morgan fingerprint density at radius 2 is 2.00 bits per heavy atom. The molecule has 1 aliphatic heterocycles. The van der Waals surface area contributed by atoms with Gasteiger partial charge < -0.3 is 9.42 Å². The van der Waals surface area contributed by atoms with E-state index in [0.717, 1.165) is 19.6 Å². The first-order valence-electron chi connectivity index (χ1n) is 7.87. The maximum absolute atomic E-state index is 12.2. The number of piperazine rings is 1. The van der Waals surface area contributed by atoms with Crippen LogP contribution >= 0.6 is 0 Å². The van der Waals surface area contributed by atoms with Crippen molar-refractivity contribution in [1.82, 2.24) is 15.0 Å². The molecule has 3 rings (SSSR count). The Bertz CT molecular complexity index is 675. The number of hydrogen-bond acceptors (Lipinski definition) is 4. The minimum absolute atomic E-state index is 0.117. The quantitative estimate of drug-likeness (QED) is 0.946. The van der Waals surface area contributed by atoms with E-state index in [9.17, 15) is 4.79 Å². The van der Waals surface area contributed by atoms with Crippen LogP contribution in [0.25, 0.3) is 0 Å². The predicted octanol–water partition coefficient (Wildman–Crippen LogP) is 2.64. The lowest BCUT2D eigenvalue weighted by atomic mass is 10.1. The zero-order chi connectivity index (χ0) is 16.2. The Hall–Kier alpha value is -2.34. The number of anilines is 1. The van der Waals surface area contributed by atoms with Gasteiger partial charge in [0.2, 0.25) is 0 Å². The molecule has 1 aromatic heterocycles. The lowest BCUT2D eigenvalue weighted by molar-refractivity contribution is 0.143. The van der Waals surface area contributed by atoms with Crippen LogP contribution in [-0.2, 0) is 6.54 Å². The summed E-state index contributed by atoms with van der Waals surface area (Å²) in [5.41, 5.74) is 2.60. The summed E-state index contributed by atoms with van der Waals surface area (Å²) in [6.07, 6.45) is 0. The number of aryl methyl sites for hydroxylation is 2. The fourth-order valence-corrected chi connectivity index (χ4v) is 2.79. The van der Waals surface area contributed by atoms with Crippen molar-refractivity contribution in [2.24, 2.45) is 0 Å². The lowest BCUT2D eigenvalue weighted by Gasteiger charge is -2.34. The molecule has 2 heterocycles. The molecule has 23 heavy (non-hydrogen) atoms. The summed E-state index contributed by atoms with van der Waals surface area (Å²) in [6.45, 7) is 8.02. The molecule has 0 aliphatic carbocycles. The zero-order valence-electron chi connectivity index (χ0n) is 13.6. The third-order valence-electron chi connectivity index (χ3n) is 4.01. The molecule has 6 heteroatoms. The molecule has 0 bridgehead atoms. The van der Waals surface area contributed by atoms with Crippen LogP contribution in [0.15, 0.2) is 34.9 Å². The number of amides is 2. The van der Waals surface area contributed by atoms with Crippen molar-refractivity contribution in [3.05, 3.63) is 47.2 Å². The predicted molar refractivity (Wildman–Crippen MR) is 88.3 cm³/mol. The van der Waals surface area contributed by atoms with E-state index < -0.39 is 0 Å². The fraction of sp³-hybridized carbons (Fsp3) is 0.412.